The van der Waals surface area contributed by atoms with E-state index in [1.54, 1.807) is 11.3 Å². The van der Waals surface area contributed by atoms with Gasteiger partial charge in [-0.3, -0.25) is 9.79 Å². The van der Waals surface area contributed by atoms with Crippen LogP contribution >= 0.6 is 22.7 Å². The summed E-state index contributed by atoms with van der Waals surface area (Å²) < 4.78 is 7.29. The number of nitrogens with zero attached hydrogens (tertiary/aromatic N) is 3. The smallest absolute Gasteiger partial charge is 0.262 e. The van der Waals surface area contributed by atoms with Crippen LogP contribution in [0.15, 0.2) is 58.0 Å². The summed E-state index contributed by atoms with van der Waals surface area (Å²) in [6.07, 6.45) is 1.84. The van der Waals surface area contributed by atoms with Crippen molar-refractivity contribution in [2.45, 2.75) is 13.8 Å². The highest BCUT2D eigenvalue weighted by atomic mass is 32.1. The van der Waals surface area contributed by atoms with Crippen molar-refractivity contribution < 1.29 is 9.53 Å². The number of aromatic nitrogens is 1. The summed E-state index contributed by atoms with van der Waals surface area (Å²) >= 11 is 3.20. The third kappa shape index (κ3) is 4.38. The van der Waals surface area contributed by atoms with Crippen LogP contribution in [0.5, 0.6) is 5.75 Å². The third-order valence-corrected chi connectivity index (χ3v) is 5.93. The van der Waals surface area contributed by atoms with Crippen molar-refractivity contribution in [2.75, 3.05) is 18.5 Å². The molecule has 0 atom stereocenters. The first-order chi connectivity index (χ1) is 14.0. The molecule has 1 aliphatic heterocycles. The normalized spacial score (nSPS) is 14.0. The lowest BCUT2D eigenvalue weighted by Crippen LogP contribution is -2.25. The average Bonchev–Trinajstić information content (AvgIpc) is 3.29. The molecule has 0 saturated carbocycles. The van der Waals surface area contributed by atoms with Gasteiger partial charge in [0.25, 0.3) is 5.91 Å². The molecule has 0 fully saturated rings. The summed E-state index contributed by atoms with van der Waals surface area (Å²) in [7, 11) is 0. The zero-order valence-corrected chi connectivity index (χ0v) is 17.8. The molecule has 148 valence electrons. The van der Waals surface area contributed by atoms with Crippen molar-refractivity contribution in [3.63, 3.8) is 0 Å². The molecule has 3 heterocycles. The number of anilines is 1. The van der Waals surface area contributed by atoms with Gasteiger partial charge < -0.3 is 10.1 Å². The second kappa shape index (κ2) is 8.18. The van der Waals surface area contributed by atoms with E-state index in [1.165, 1.54) is 16.2 Å². The molecule has 8 heteroatoms. The maximum absolute atomic E-state index is 11.7. The Balaban J connectivity index is 1.78. The van der Waals surface area contributed by atoms with E-state index in [0.29, 0.717) is 18.0 Å². The zero-order chi connectivity index (χ0) is 20.4. The molecule has 0 unspecified atom stereocenters. The van der Waals surface area contributed by atoms with E-state index < -0.39 is 0 Å². The van der Waals surface area contributed by atoms with Crippen LogP contribution in [-0.2, 0) is 4.79 Å². The number of aryl methyl sites for hydroxylation is 1. The van der Waals surface area contributed by atoms with Gasteiger partial charge in [-0.05, 0) is 44.2 Å². The van der Waals surface area contributed by atoms with Crippen LogP contribution in [0.1, 0.15) is 16.7 Å². The predicted molar refractivity (Wildman–Crippen MR) is 119 cm³/mol. The molecule has 1 amide bonds. The van der Waals surface area contributed by atoms with E-state index in [1.807, 2.05) is 47.5 Å². The van der Waals surface area contributed by atoms with Crippen molar-refractivity contribution in [3.05, 3.63) is 62.4 Å². The Morgan fingerprint density at radius 2 is 2.24 bits per heavy atom. The van der Waals surface area contributed by atoms with Gasteiger partial charge in [0.1, 0.15) is 5.75 Å². The number of carbonyl (C=O) groups excluding carboxylic acids is 1. The first-order valence-electron chi connectivity index (χ1n) is 9.03. The molecule has 29 heavy (non-hydrogen) atoms. The van der Waals surface area contributed by atoms with E-state index in [2.05, 4.69) is 29.9 Å². The van der Waals surface area contributed by atoms with E-state index >= 15 is 0 Å². The summed E-state index contributed by atoms with van der Waals surface area (Å²) in [5.74, 6) is 0.510. The lowest BCUT2D eigenvalue weighted by molar-refractivity contribution is -0.118. The average molecular weight is 425 g/mol. The molecule has 2 aromatic heterocycles. The molecule has 0 aliphatic carbocycles. The monoisotopic (exact) mass is 424 g/mol. The molecular weight excluding hydrogens is 404 g/mol. The highest BCUT2D eigenvalue weighted by molar-refractivity contribution is 7.13. The number of hydrogen-bond acceptors (Lipinski definition) is 6. The van der Waals surface area contributed by atoms with Crippen molar-refractivity contribution in [1.82, 2.24) is 4.68 Å². The molecule has 1 aliphatic rings. The van der Waals surface area contributed by atoms with Gasteiger partial charge >= 0.3 is 0 Å². The van der Waals surface area contributed by atoms with Crippen molar-refractivity contribution >= 4 is 40.5 Å². The molecule has 6 nitrogen and oxygen atoms in total. The van der Waals surface area contributed by atoms with Gasteiger partial charge in [-0.25, -0.2) is 4.68 Å². The molecule has 0 spiro atoms. The first-order valence-corrected chi connectivity index (χ1v) is 10.7. The molecule has 0 saturated heterocycles. The Bertz CT molecular complexity index is 1180. The topological polar surface area (TPSA) is 68.0 Å². The van der Waals surface area contributed by atoms with Gasteiger partial charge in [-0.2, -0.15) is 5.10 Å². The van der Waals surface area contributed by atoms with Crippen molar-refractivity contribution in [1.29, 1.82) is 0 Å². The molecule has 0 bridgehead atoms. The Hall–Kier alpha value is -2.97. The van der Waals surface area contributed by atoms with Gasteiger partial charge in [-0.1, -0.05) is 12.2 Å². The quantitative estimate of drug-likeness (QED) is 0.491. The van der Waals surface area contributed by atoms with E-state index in [-0.39, 0.29) is 12.5 Å². The highest BCUT2D eigenvalue weighted by Crippen LogP contribution is 2.32. The summed E-state index contributed by atoms with van der Waals surface area (Å²) in [4.78, 5) is 19.4. The fourth-order valence-corrected chi connectivity index (χ4v) is 4.38. The Morgan fingerprint density at radius 3 is 3.00 bits per heavy atom. The second-order valence-corrected chi connectivity index (χ2v) is 8.89. The van der Waals surface area contributed by atoms with Crippen molar-refractivity contribution in [3.8, 4) is 17.0 Å². The summed E-state index contributed by atoms with van der Waals surface area (Å²) in [6, 6.07) is 9.85. The number of rotatable bonds is 5. The van der Waals surface area contributed by atoms with Crippen LogP contribution in [0.4, 0.5) is 5.69 Å². The number of hydrogen-bond donors (Lipinski definition) is 1. The van der Waals surface area contributed by atoms with Gasteiger partial charge in [0.05, 0.1) is 24.1 Å². The summed E-state index contributed by atoms with van der Waals surface area (Å²) in [5, 5.41) is 9.57. The highest BCUT2D eigenvalue weighted by Gasteiger charge is 2.17. The van der Waals surface area contributed by atoms with Crippen LogP contribution in [0, 0.1) is 6.92 Å². The molecular formula is C21H20N4O2S2. The Labute approximate surface area is 176 Å². The minimum absolute atomic E-state index is 0.0409. The van der Waals surface area contributed by atoms with Crippen LogP contribution < -0.4 is 14.9 Å². The van der Waals surface area contributed by atoms with Crippen LogP contribution in [0.3, 0.4) is 0 Å². The number of carbonyl (C=O) groups is 1. The number of fused-ring (bicyclic) bond motifs is 1. The minimum Gasteiger partial charge on any atom is -0.482 e. The zero-order valence-electron chi connectivity index (χ0n) is 16.1. The van der Waals surface area contributed by atoms with Gasteiger partial charge in [-0.15, -0.1) is 22.7 Å². The maximum Gasteiger partial charge on any atom is 0.262 e. The number of amides is 1. The SMILES string of the molecule is C=C(C)CN=c1scc(-c2ccc3c(c2)NC(=O)CO3)n1N=Cc1ccc(C)s1. The summed E-state index contributed by atoms with van der Waals surface area (Å²) in [6.45, 7) is 8.53. The molecule has 0 radical (unpaired) electrons. The summed E-state index contributed by atoms with van der Waals surface area (Å²) in [5.41, 5.74) is 3.46. The number of nitrogens with one attached hydrogen (secondary N) is 1. The fourth-order valence-electron chi connectivity index (χ4n) is 2.80. The molecule has 3 aromatic rings. The lowest BCUT2D eigenvalue weighted by Gasteiger charge is -2.18. The number of benzene rings is 1. The van der Waals surface area contributed by atoms with Gasteiger partial charge in [0.15, 0.2) is 6.61 Å². The van der Waals surface area contributed by atoms with Crippen LogP contribution in [0.2, 0.25) is 0 Å². The van der Waals surface area contributed by atoms with E-state index in [9.17, 15) is 4.79 Å². The van der Waals surface area contributed by atoms with Gasteiger partial charge in [0, 0.05) is 20.7 Å². The standard InChI is InChI=1S/C21H20N4O2S2/c1-13(2)9-22-21-25(23-10-16-6-4-14(3)29-16)18(12-28-21)15-5-7-19-17(8-15)24-20(26)11-27-19/h4-8,10,12H,1,9,11H2,2-3H3,(H,24,26). The fraction of sp³-hybridized carbons (Fsp3) is 0.190. The second-order valence-electron chi connectivity index (χ2n) is 6.73. The number of thiophene rings is 1. The first kappa shape index (κ1) is 19.4. The van der Waals surface area contributed by atoms with E-state index in [0.717, 1.165) is 26.5 Å². The molecule has 4 rings (SSSR count). The van der Waals surface area contributed by atoms with Gasteiger partial charge in [0.2, 0.25) is 4.80 Å². The number of ether oxygens (including phenoxy) is 1. The Kier molecular flexibility index (Phi) is 5.46. The van der Waals surface area contributed by atoms with Crippen molar-refractivity contribution in [2.24, 2.45) is 10.1 Å². The number of thiazole rings is 1. The maximum atomic E-state index is 11.7. The largest absolute Gasteiger partial charge is 0.482 e. The predicted octanol–water partition coefficient (Wildman–Crippen LogP) is 4.28. The Morgan fingerprint density at radius 1 is 1.38 bits per heavy atom. The molecule has 1 N–H and O–H groups in total. The third-order valence-electron chi connectivity index (χ3n) is 4.14. The van der Waals surface area contributed by atoms with Crippen LogP contribution in [0.25, 0.3) is 11.3 Å². The molecule has 1 aromatic carbocycles. The lowest BCUT2D eigenvalue weighted by atomic mass is 10.1. The van der Waals surface area contributed by atoms with E-state index in [4.69, 9.17) is 9.84 Å². The van der Waals surface area contributed by atoms with Crippen LogP contribution in [-0.4, -0.2) is 29.9 Å². The minimum atomic E-state index is -0.156.